The van der Waals surface area contributed by atoms with E-state index < -0.39 is 27.7 Å². The predicted molar refractivity (Wildman–Crippen MR) is 77.5 cm³/mol. The van der Waals surface area contributed by atoms with Crippen molar-refractivity contribution in [2.24, 2.45) is 0 Å². The third-order valence-electron chi connectivity index (χ3n) is 5.08. The van der Waals surface area contributed by atoms with E-state index in [4.69, 9.17) is 0 Å². The molecule has 1 rings (SSSR count). The molecule has 0 aromatic heterocycles. The molecule has 78 valence electrons. The first-order valence-corrected chi connectivity index (χ1v) is 22.4. The number of rotatable bonds is 0. The smallest absolute Gasteiger partial charge is 0.0924 e. The highest BCUT2D eigenvalue weighted by Crippen LogP contribution is 2.53. The minimum absolute atomic E-state index is 0.828. The van der Waals surface area contributed by atoms with Gasteiger partial charge in [0, 0.05) is 14.2 Å². The predicted octanol–water partition coefficient (Wildman–Crippen LogP) is 3.80. The molecule has 0 spiro atoms. The summed E-state index contributed by atoms with van der Waals surface area (Å²) < 4.78 is 0. The zero-order valence-corrected chi connectivity index (χ0v) is 15.2. The molecule has 1 saturated heterocycles. The topological polar surface area (TPSA) is 0 Å². The van der Waals surface area contributed by atoms with Crippen molar-refractivity contribution in [2.75, 3.05) is 0 Å². The van der Waals surface area contributed by atoms with E-state index in [1.54, 1.807) is 0 Å². The summed E-state index contributed by atoms with van der Waals surface area (Å²) in [5.74, 6) is 0. The Labute approximate surface area is 90.6 Å². The lowest BCUT2D eigenvalue weighted by atomic mass is 11.9. The van der Waals surface area contributed by atoms with Crippen molar-refractivity contribution in [1.29, 1.82) is 0 Å². The van der Waals surface area contributed by atoms with Gasteiger partial charge in [0.2, 0.25) is 0 Å². The monoisotopic (exact) mass is 264 g/mol. The lowest BCUT2D eigenvalue weighted by molar-refractivity contribution is 1.83. The van der Waals surface area contributed by atoms with Crippen LogP contribution in [0.3, 0.4) is 0 Å². The summed E-state index contributed by atoms with van der Waals surface area (Å²) in [5, 5.41) is 0. The van der Waals surface area contributed by atoms with Crippen molar-refractivity contribution in [1.82, 2.24) is 0 Å². The summed E-state index contributed by atoms with van der Waals surface area (Å²) in [6.07, 6.45) is 0. The molecule has 13 heavy (non-hydrogen) atoms. The van der Waals surface area contributed by atoms with Crippen LogP contribution in [0.2, 0.25) is 52.4 Å². The molecule has 1 aliphatic rings. The molecule has 0 amide bonds. The summed E-state index contributed by atoms with van der Waals surface area (Å²) in [6.45, 7) is 19.7. The van der Waals surface area contributed by atoms with Gasteiger partial charge in [-0.1, -0.05) is 52.4 Å². The maximum Gasteiger partial charge on any atom is 0.0924 e. The van der Waals surface area contributed by atoms with Gasteiger partial charge in [0.25, 0.3) is 0 Å². The van der Waals surface area contributed by atoms with E-state index in [2.05, 4.69) is 63.0 Å². The molecule has 0 bridgehead atoms. The van der Waals surface area contributed by atoms with Gasteiger partial charge in [0.1, 0.15) is 0 Å². The normalized spacial score (nSPS) is 33.2. The Morgan fingerprint density at radius 3 is 0.846 bits per heavy atom. The van der Waals surface area contributed by atoms with E-state index >= 15 is 0 Å². The average Bonchev–Trinajstić information content (AvgIpc) is 1.88. The van der Waals surface area contributed by atoms with Gasteiger partial charge in [0.05, 0.1) is 13.5 Å². The summed E-state index contributed by atoms with van der Waals surface area (Å²) in [6, 6.07) is 0. The minimum Gasteiger partial charge on any atom is -0.213 e. The fourth-order valence-electron chi connectivity index (χ4n) is 2.40. The van der Waals surface area contributed by atoms with Gasteiger partial charge < -0.3 is 0 Å². The van der Waals surface area contributed by atoms with Crippen LogP contribution in [-0.2, 0) is 0 Å². The Balaban J connectivity index is 3.24. The van der Waals surface area contributed by atoms with E-state index in [-0.39, 0.29) is 0 Å². The van der Waals surface area contributed by atoms with Gasteiger partial charge in [-0.15, -0.1) is 0 Å². The van der Waals surface area contributed by atoms with Crippen LogP contribution < -0.4 is 0 Å². The molecular formula is C8H24SSi4. The van der Waals surface area contributed by atoms with Crippen LogP contribution in [0.4, 0.5) is 0 Å². The molecule has 1 fully saturated rings. The first kappa shape index (κ1) is 12.3. The van der Waals surface area contributed by atoms with Gasteiger partial charge in [0.15, 0.2) is 0 Å². The van der Waals surface area contributed by atoms with E-state index in [0.29, 0.717) is 0 Å². The van der Waals surface area contributed by atoms with Crippen molar-refractivity contribution < 1.29 is 0 Å². The Hall–Kier alpha value is 1.22. The summed E-state index contributed by atoms with van der Waals surface area (Å²) in [4.78, 5) is 0. The molecule has 0 saturated carbocycles. The molecule has 1 aliphatic heterocycles. The highest BCUT2D eigenvalue weighted by atomic mass is 32.6. The molecule has 0 aromatic rings. The number of hydrogen-bond acceptors (Lipinski definition) is 1. The van der Waals surface area contributed by atoms with Gasteiger partial charge >= 0.3 is 0 Å². The highest BCUT2D eigenvalue weighted by molar-refractivity contribution is 8.64. The lowest BCUT2D eigenvalue weighted by Gasteiger charge is -2.41. The Kier molecular flexibility index (Phi) is 2.71. The summed E-state index contributed by atoms with van der Waals surface area (Å²) in [5.41, 5.74) is 0. The zero-order chi connectivity index (χ0) is 10.7. The minimum atomic E-state index is -0.860. The molecule has 5 heteroatoms. The molecule has 0 aromatic carbocycles. The SMILES string of the molecule is C[Si]1(C)S[Si](C)(C)[Si](C)(C)[Si]1(C)C. The second-order valence-corrected chi connectivity index (χ2v) is 55.4. The third-order valence-corrected chi connectivity index (χ3v) is 97.6. The van der Waals surface area contributed by atoms with Crippen LogP contribution in [0.1, 0.15) is 0 Å². The Morgan fingerprint density at radius 2 is 0.769 bits per heavy atom. The number of hydrogen-bond donors (Lipinski definition) is 0. The maximum atomic E-state index is 2.71. The van der Waals surface area contributed by atoms with Crippen LogP contribution in [0, 0.1) is 0 Å². The van der Waals surface area contributed by atoms with Crippen molar-refractivity contribution in [3.8, 4) is 0 Å². The van der Waals surface area contributed by atoms with Crippen LogP contribution in [0.25, 0.3) is 0 Å². The second-order valence-electron chi connectivity index (χ2n) is 6.37. The molecule has 0 aliphatic carbocycles. The van der Waals surface area contributed by atoms with Crippen molar-refractivity contribution in [3.63, 3.8) is 0 Å². The summed E-state index contributed by atoms with van der Waals surface area (Å²) in [7, 11) is 0.883. The Morgan fingerprint density at radius 1 is 0.538 bits per heavy atom. The van der Waals surface area contributed by atoms with Crippen LogP contribution >= 0.6 is 10.7 Å². The van der Waals surface area contributed by atoms with Gasteiger partial charge in [-0.05, 0) is 0 Å². The fraction of sp³-hybridized carbons (Fsp3) is 1.00. The van der Waals surface area contributed by atoms with Gasteiger partial charge in [-0.2, -0.15) is 0 Å². The molecule has 0 N–H and O–H groups in total. The molecular weight excluding hydrogens is 240 g/mol. The second kappa shape index (κ2) is 2.87. The molecule has 1 heterocycles. The van der Waals surface area contributed by atoms with Crippen molar-refractivity contribution in [3.05, 3.63) is 0 Å². The summed E-state index contributed by atoms with van der Waals surface area (Å²) >= 11 is 0. The fourth-order valence-corrected chi connectivity index (χ4v) is 139. The van der Waals surface area contributed by atoms with E-state index in [9.17, 15) is 0 Å². The average molecular weight is 265 g/mol. The first-order valence-electron chi connectivity index (χ1n) is 5.16. The largest absolute Gasteiger partial charge is 0.213 e. The van der Waals surface area contributed by atoms with Gasteiger partial charge in [-0.25, -0.2) is 10.7 Å². The quantitative estimate of drug-likeness (QED) is 0.600. The van der Waals surface area contributed by atoms with E-state index in [1.807, 2.05) is 0 Å². The van der Waals surface area contributed by atoms with Gasteiger partial charge in [-0.3, -0.25) is 0 Å². The van der Waals surface area contributed by atoms with Crippen LogP contribution in [0.15, 0.2) is 0 Å². The molecule has 0 nitrogen and oxygen atoms in total. The highest BCUT2D eigenvalue weighted by Gasteiger charge is 2.67. The molecule has 0 unspecified atom stereocenters. The Bertz CT molecular complexity index is 208. The van der Waals surface area contributed by atoms with E-state index in [1.165, 1.54) is 0 Å². The zero-order valence-electron chi connectivity index (χ0n) is 10.4. The van der Waals surface area contributed by atoms with Crippen molar-refractivity contribution in [2.45, 2.75) is 52.4 Å². The molecule has 0 radical (unpaired) electrons. The first-order chi connectivity index (χ1) is 5.46. The van der Waals surface area contributed by atoms with E-state index in [0.717, 1.165) is 0 Å². The lowest BCUT2D eigenvalue weighted by Crippen LogP contribution is -2.69. The van der Waals surface area contributed by atoms with Crippen molar-refractivity contribution >= 4 is 38.4 Å². The van der Waals surface area contributed by atoms with Crippen LogP contribution in [-0.4, -0.2) is 27.7 Å². The maximum absolute atomic E-state index is 2.71. The molecule has 0 atom stereocenters. The standard InChI is InChI=1S/C8H24SSi4/c1-10(2)9-11(3,4)13(7,8)12(10,5)6/h1-8H3. The third kappa shape index (κ3) is 1.42. The van der Waals surface area contributed by atoms with Crippen LogP contribution in [0.5, 0.6) is 0 Å².